The Balaban J connectivity index is 3.01. The van der Waals surface area contributed by atoms with Crippen molar-refractivity contribution in [2.75, 3.05) is 11.9 Å². The molecule has 0 saturated heterocycles. The van der Waals surface area contributed by atoms with Crippen molar-refractivity contribution >= 4 is 5.69 Å². The van der Waals surface area contributed by atoms with Crippen LogP contribution in [-0.2, 0) is 0 Å². The normalized spacial score (nSPS) is 10.6. The van der Waals surface area contributed by atoms with Crippen molar-refractivity contribution in [3.63, 3.8) is 0 Å². The fraction of sp³-hybridized carbons (Fsp3) is 0.400. The summed E-state index contributed by atoms with van der Waals surface area (Å²) in [5, 5.41) is 0. The Kier molecular flexibility index (Phi) is 2.86. The first-order chi connectivity index (χ1) is 6.02. The minimum absolute atomic E-state index is 0.194. The number of anilines is 1. The molecule has 3 heteroatoms. The molecule has 1 nitrogen and oxygen atoms in total. The summed E-state index contributed by atoms with van der Waals surface area (Å²) in [5.74, 6) is -1.06. The van der Waals surface area contributed by atoms with Gasteiger partial charge in [-0.05, 0) is 26.0 Å². The smallest absolute Gasteiger partial charge is 0.149 e. The van der Waals surface area contributed by atoms with E-state index < -0.39 is 11.6 Å². The Morgan fingerprint density at radius 3 is 2.31 bits per heavy atom. The minimum Gasteiger partial charge on any atom is -0.370 e. The van der Waals surface area contributed by atoms with Crippen LogP contribution >= 0.6 is 0 Å². The summed E-state index contributed by atoms with van der Waals surface area (Å²) in [4.78, 5) is 1.76. The largest absolute Gasteiger partial charge is 0.370 e. The van der Waals surface area contributed by atoms with E-state index in [4.69, 9.17) is 0 Å². The zero-order valence-corrected chi connectivity index (χ0v) is 8.01. The van der Waals surface area contributed by atoms with Gasteiger partial charge in [0.2, 0.25) is 0 Å². The third-order valence-corrected chi connectivity index (χ3v) is 2.06. The number of halogens is 2. The number of benzene rings is 1. The van der Waals surface area contributed by atoms with Crippen LogP contribution in [0.4, 0.5) is 14.5 Å². The molecule has 13 heavy (non-hydrogen) atoms. The first-order valence-corrected chi connectivity index (χ1v) is 4.20. The Morgan fingerprint density at radius 1 is 1.23 bits per heavy atom. The molecule has 0 aromatic heterocycles. The van der Waals surface area contributed by atoms with Crippen LogP contribution in [0.1, 0.15) is 13.8 Å². The molecular formula is C10H13F2N. The summed E-state index contributed by atoms with van der Waals surface area (Å²) < 4.78 is 25.7. The minimum atomic E-state index is -0.543. The Morgan fingerprint density at radius 2 is 1.85 bits per heavy atom. The van der Waals surface area contributed by atoms with Crippen molar-refractivity contribution in [1.82, 2.24) is 0 Å². The lowest BCUT2D eigenvalue weighted by atomic mass is 10.2. The van der Waals surface area contributed by atoms with Gasteiger partial charge < -0.3 is 4.90 Å². The summed E-state index contributed by atoms with van der Waals surface area (Å²) >= 11 is 0. The molecule has 0 spiro atoms. The van der Waals surface area contributed by atoms with E-state index in [1.165, 1.54) is 12.1 Å². The van der Waals surface area contributed by atoms with E-state index in [0.29, 0.717) is 5.69 Å². The first kappa shape index (κ1) is 9.96. The summed E-state index contributed by atoms with van der Waals surface area (Å²) in [6.07, 6.45) is 0. The summed E-state index contributed by atoms with van der Waals surface area (Å²) in [7, 11) is 1.78. The maximum absolute atomic E-state index is 13.2. The molecule has 0 aliphatic rings. The maximum Gasteiger partial charge on any atom is 0.149 e. The molecule has 0 heterocycles. The van der Waals surface area contributed by atoms with E-state index in [1.54, 1.807) is 11.9 Å². The second-order valence-electron chi connectivity index (χ2n) is 3.30. The van der Waals surface area contributed by atoms with Gasteiger partial charge in [-0.3, -0.25) is 0 Å². The molecule has 0 atom stereocenters. The number of hydrogen-bond acceptors (Lipinski definition) is 1. The lowest BCUT2D eigenvalue weighted by Gasteiger charge is -2.24. The monoisotopic (exact) mass is 185 g/mol. The topological polar surface area (TPSA) is 3.24 Å². The van der Waals surface area contributed by atoms with Crippen LogP contribution in [0.2, 0.25) is 0 Å². The molecule has 72 valence electrons. The van der Waals surface area contributed by atoms with Crippen molar-refractivity contribution < 1.29 is 8.78 Å². The third-order valence-electron chi connectivity index (χ3n) is 2.06. The van der Waals surface area contributed by atoms with Crippen LogP contribution < -0.4 is 4.90 Å². The van der Waals surface area contributed by atoms with Crippen molar-refractivity contribution in [2.45, 2.75) is 19.9 Å². The van der Waals surface area contributed by atoms with Gasteiger partial charge >= 0.3 is 0 Å². The highest BCUT2D eigenvalue weighted by molar-refractivity contribution is 5.47. The fourth-order valence-corrected chi connectivity index (χ4v) is 1.05. The predicted molar refractivity (Wildman–Crippen MR) is 49.9 cm³/mol. The summed E-state index contributed by atoms with van der Waals surface area (Å²) in [6, 6.07) is 3.80. The molecule has 0 bridgehead atoms. The highest BCUT2D eigenvalue weighted by Crippen LogP contribution is 2.20. The SMILES string of the molecule is CC(C)N(C)c1ccc(F)cc1F. The van der Waals surface area contributed by atoms with Gasteiger partial charge in [0.05, 0.1) is 5.69 Å². The summed E-state index contributed by atoms with van der Waals surface area (Å²) in [6.45, 7) is 3.89. The predicted octanol–water partition coefficient (Wildman–Crippen LogP) is 2.81. The number of hydrogen-bond donors (Lipinski definition) is 0. The molecule has 1 aromatic carbocycles. The van der Waals surface area contributed by atoms with E-state index >= 15 is 0 Å². The number of rotatable bonds is 2. The van der Waals surface area contributed by atoms with Gasteiger partial charge in [0, 0.05) is 19.2 Å². The molecule has 0 N–H and O–H groups in total. The second kappa shape index (κ2) is 3.73. The van der Waals surface area contributed by atoms with Crippen LogP contribution in [0.5, 0.6) is 0 Å². The van der Waals surface area contributed by atoms with Crippen LogP contribution in [-0.4, -0.2) is 13.1 Å². The molecule has 0 amide bonds. The van der Waals surface area contributed by atoms with Crippen molar-refractivity contribution in [1.29, 1.82) is 0 Å². The quantitative estimate of drug-likeness (QED) is 0.684. The zero-order valence-electron chi connectivity index (χ0n) is 8.01. The maximum atomic E-state index is 13.2. The zero-order chi connectivity index (χ0) is 10.0. The Labute approximate surface area is 77.0 Å². The molecule has 0 saturated carbocycles. The Hall–Kier alpha value is -1.12. The average molecular weight is 185 g/mol. The highest BCUT2D eigenvalue weighted by Gasteiger charge is 2.10. The van der Waals surface area contributed by atoms with Gasteiger partial charge in [-0.1, -0.05) is 0 Å². The molecule has 1 aromatic rings. The van der Waals surface area contributed by atoms with E-state index in [-0.39, 0.29) is 6.04 Å². The van der Waals surface area contributed by atoms with Crippen LogP contribution in [0.25, 0.3) is 0 Å². The Bertz CT molecular complexity index is 297. The van der Waals surface area contributed by atoms with Crippen molar-refractivity contribution in [2.24, 2.45) is 0 Å². The van der Waals surface area contributed by atoms with Gasteiger partial charge in [-0.2, -0.15) is 0 Å². The van der Waals surface area contributed by atoms with E-state index in [2.05, 4.69) is 0 Å². The van der Waals surface area contributed by atoms with E-state index in [9.17, 15) is 8.78 Å². The molecule has 0 aliphatic carbocycles. The standard InChI is InChI=1S/C10H13F2N/c1-7(2)13(3)10-5-4-8(11)6-9(10)12/h4-7H,1-3H3. The van der Waals surface area contributed by atoms with Crippen LogP contribution in [0, 0.1) is 11.6 Å². The second-order valence-corrected chi connectivity index (χ2v) is 3.30. The molecule has 0 aliphatic heterocycles. The summed E-state index contributed by atoms with van der Waals surface area (Å²) in [5.41, 5.74) is 0.427. The van der Waals surface area contributed by atoms with E-state index in [0.717, 1.165) is 6.07 Å². The molecule has 0 radical (unpaired) electrons. The highest BCUT2D eigenvalue weighted by atomic mass is 19.1. The van der Waals surface area contributed by atoms with Crippen molar-refractivity contribution in [3.8, 4) is 0 Å². The first-order valence-electron chi connectivity index (χ1n) is 4.20. The van der Waals surface area contributed by atoms with Gasteiger partial charge in [0.1, 0.15) is 11.6 Å². The van der Waals surface area contributed by atoms with Gasteiger partial charge in [0.25, 0.3) is 0 Å². The lowest BCUT2D eigenvalue weighted by Crippen LogP contribution is -2.26. The molecule has 0 unspecified atom stereocenters. The van der Waals surface area contributed by atoms with Crippen LogP contribution in [0.15, 0.2) is 18.2 Å². The third kappa shape index (κ3) is 2.17. The van der Waals surface area contributed by atoms with Crippen molar-refractivity contribution in [3.05, 3.63) is 29.8 Å². The molecule has 0 fully saturated rings. The van der Waals surface area contributed by atoms with Gasteiger partial charge in [0.15, 0.2) is 0 Å². The van der Waals surface area contributed by atoms with Gasteiger partial charge in [-0.15, -0.1) is 0 Å². The molecule has 1 rings (SSSR count). The van der Waals surface area contributed by atoms with Crippen LogP contribution in [0.3, 0.4) is 0 Å². The average Bonchev–Trinajstić information content (AvgIpc) is 2.03. The molecular weight excluding hydrogens is 172 g/mol. The lowest BCUT2D eigenvalue weighted by molar-refractivity contribution is 0.577. The fourth-order valence-electron chi connectivity index (χ4n) is 1.05. The van der Waals surface area contributed by atoms with E-state index in [1.807, 2.05) is 13.8 Å². The number of nitrogens with zero attached hydrogens (tertiary/aromatic N) is 1. The van der Waals surface area contributed by atoms with Gasteiger partial charge in [-0.25, -0.2) is 8.78 Å².